The SMILES string of the molecule is c1ccc(-c2ccc3c(c2)c2cc(-c4ccc5c6cc(-c7ccccc7)ccc6n(-c6ccc7c(c6)C(c6ccccc6)c6ccccc6-7)c5c4)ccc2n3-c2ccccc2)cc1. The smallest absolute Gasteiger partial charge is 0.0547 e. The van der Waals surface area contributed by atoms with E-state index in [1.807, 2.05) is 0 Å². The lowest BCUT2D eigenvalue weighted by Crippen LogP contribution is -2.01. The zero-order chi connectivity index (χ0) is 41.4. The van der Waals surface area contributed by atoms with E-state index in [0.717, 1.165) is 5.69 Å². The molecule has 1 unspecified atom stereocenters. The molecule has 1 atom stereocenters. The van der Waals surface area contributed by atoms with Crippen LogP contribution < -0.4 is 0 Å². The van der Waals surface area contributed by atoms with Gasteiger partial charge >= 0.3 is 0 Å². The summed E-state index contributed by atoms with van der Waals surface area (Å²) in [5, 5.41) is 4.97. The van der Waals surface area contributed by atoms with Crippen LogP contribution in [0.5, 0.6) is 0 Å². The van der Waals surface area contributed by atoms with Crippen molar-refractivity contribution in [2.45, 2.75) is 5.92 Å². The van der Waals surface area contributed by atoms with Gasteiger partial charge in [-0.3, -0.25) is 0 Å². The minimum atomic E-state index is 0.165. The zero-order valence-corrected chi connectivity index (χ0v) is 34.5. The summed E-state index contributed by atoms with van der Waals surface area (Å²) in [6.07, 6.45) is 0. The molecule has 0 amide bonds. The zero-order valence-electron chi connectivity index (χ0n) is 34.5. The molecule has 2 heterocycles. The molecule has 0 radical (unpaired) electrons. The molecule has 1 aliphatic carbocycles. The summed E-state index contributed by atoms with van der Waals surface area (Å²) < 4.78 is 4.91. The predicted molar refractivity (Wildman–Crippen MR) is 264 cm³/mol. The molecule has 2 nitrogen and oxygen atoms in total. The van der Waals surface area contributed by atoms with E-state index in [2.05, 4.69) is 246 Å². The minimum Gasteiger partial charge on any atom is -0.309 e. The van der Waals surface area contributed by atoms with Gasteiger partial charge in [0.2, 0.25) is 0 Å². The molecule has 0 saturated carbocycles. The Morgan fingerprint density at radius 3 is 1.33 bits per heavy atom. The van der Waals surface area contributed by atoms with Crippen LogP contribution in [-0.4, -0.2) is 9.13 Å². The molecule has 0 N–H and O–H groups in total. The lowest BCUT2D eigenvalue weighted by atomic mass is 9.89. The van der Waals surface area contributed by atoms with Gasteiger partial charge in [-0.05, 0) is 128 Å². The number of nitrogens with zero attached hydrogens (tertiary/aromatic N) is 2. The molecule has 0 bridgehead atoms. The molecule has 0 spiro atoms. The molecule has 2 aromatic heterocycles. The topological polar surface area (TPSA) is 9.86 Å². The summed E-state index contributed by atoms with van der Waals surface area (Å²) in [7, 11) is 0. The number of para-hydroxylation sites is 1. The molecule has 0 saturated heterocycles. The quantitative estimate of drug-likeness (QED) is 0.159. The summed E-state index contributed by atoms with van der Waals surface area (Å²) in [5.41, 5.74) is 21.0. The van der Waals surface area contributed by atoms with E-state index in [0.29, 0.717) is 0 Å². The van der Waals surface area contributed by atoms with Gasteiger partial charge in [0.25, 0.3) is 0 Å². The minimum absolute atomic E-state index is 0.165. The van der Waals surface area contributed by atoms with E-state index in [-0.39, 0.29) is 5.92 Å². The van der Waals surface area contributed by atoms with Crippen LogP contribution in [0.25, 0.3) is 99.5 Å². The van der Waals surface area contributed by atoms with Crippen LogP contribution >= 0.6 is 0 Å². The standard InChI is InChI=1S/C61H40N2/c1-5-15-40(16-6-1)43-26-32-57-53(35-43)51-30-25-46(38-60(51)63(57)48-29-31-50-49-23-13-14-24-52(49)61(56(50)39-48)42-19-9-3-10-20-42)45-28-34-59-55(37-45)54-36-44(41-17-7-2-8-18-41)27-33-58(54)62(59)47-21-11-4-12-22-47/h1-39,61H. The molecule has 63 heavy (non-hydrogen) atoms. The normalized spacial score (nSPS) is 13.2. The summed E-state index contributed by atoms with van der Waals surface area (Å²) >= 11 is 0. The molecular weight excluding hydrogens is 761 g/mol. The second-order valence-electron chi connectivity index (χ2n) is 16.9. The first kappa shape index (κ1) is 35.5. The van der Waals surface area contributed by atoms with Crippen molar-refractivity contribution in [1.29, 1.82) is 0 Å². The Kier molecular flexibility index (Phi) is 8.01. The number of benzene rings is 10. The Morgan fingerprint density at radius 1 is 0.254 bits per heavy atom. The molecule has 2 heteroatoms. The van der Waals surface area contributed by atoms with Gasteiger partial charge < -0.3 is 9.13 Å². The summed E-state index contributed by atoms with van der Waals surface area (Å²) in [4.78, 5) is 0. The van der Waals surface area contributed by atoms with Gasteiger partial charge in [0.05, 0.1) is 22.1 Å². The van der Waals surface area contributed by atoms with Gasteiger partial charge in [-0.1, -0.05) is 170 Å². The van der Waals surface area contributed by atoms with Crippen LogP contribution in [0.15, 0.2) is 237 Å². The van der Waals surface area contributed by atoms with Crippen LogP contribution in [0.4, 0.5) is 0 Å². The fourth-order valence-electron chi connectivity index (χ4n) is 10.5. The second-order valence-corrected chi connectivity index (χ2v) is 16.9. The average Bonchev–Trinajstić information content (AvgIpc) is 3.99. The van der Waals surface area contributed by atoms with E-state index in [1.165, 1.54) is 110 Å². The third-order valence-corrected chi connectivity index (χ3v) is 13.4. The molecule has 12 aromatic rings. The fourth-order valence-corrected chi connectivity index (χ4v) is 10.5. The van der Waals surface area contributed by atoms with E-state index in [4.69, 9.17) is 0 Å². The highest BCUT2D eigenvalue weighted by atomic mass is 15.0. The molecular formula is C61H40N2. The number of rotatable bonds is 6. The van der Waals surface area contributed by atoms with Crippen LogP contribution in [0.1, 0.15) is 22.6 Å². The third kappa shape index (κ3) is 5.65. The lowest BCUT2D eigenvalue weighted by molar-refractivity contribution is 1.01. The van der Waals surface area contributed by atoms with E-state index >= 15 is 0 Å². The number of hydrogen-bond donors (Lipinski definition) is 0. The molecule has 0 aliphatic heterocycles. The average molecular weight is 801 g/mol. The van der Waals surface area contributed by atoms with Gasteiger partial charge in [0.15, 0.2) is 0 Å². The summed E-state index contributed by atoms with van der Waals surface area (Å²) in [6.45, 7) is 0. The van der Waals surface area contributed by atoms with Crippen molar-refractivity contribution in [2.24, 2.45) is 0 Å². The fraction of sp³-hybridized carbons (Fsp3) is 0.0164. The Labute approximate surface area is 366 Å². The van der Waals surface area contributed by atoms with Crippen molar-refractivity contribution in [3.8, 4) is 55.9 Å². The second kappa shape index (κ2) is 14.2. The van der Waals surface area contributed by atoms with E-state index < -0.39 is 0 Å². The first-order chi connectivity index (χ1) is 31.2. The highest BCUT2D eigenvalue weighted by Crippen LogP contribution is 2.49. The maximum absolute atomic E-state index is 2.50. The van der Waals surface area contributed by atoms with Crippen molar-refractivity contribution in [2.75, 3.05) is 0 Å². The van der Waals surface area contributed by atoms with E-state index in [1.54, 1.807) is 0 Å². The highest BCUT2D eigenvalue weighted by Gasteiger charge is 2.30. The summed E-state index contributed by atoms with van der Waals surface area (Å²) in [6, 6.07) is 87.3. The van der Waals surface area contributed by atoms with E-state index in [9.17, 15) is 0 Å². The lowest BCUT2D eigenvalue weighted by Gasteiger charge is -2.16. The van der Waals surface area contributed by atoms with Gasteiger partial charge in [-0.15, -0.1) is 0 Å². The molecule has 13 rings (SSSR count). The molecule has 0 fully saturated rings. The van der Waals surface area contributed by atoms with Gasteiger partial charge in [-0.2, -0.15) is 0 Å². The highest BCUT2D eigenvalue weighted by molar-refractivity contribution is 6.13. The van der Waals surface area contributed by atoms with Gasteiger partial charge in [0.1, 0.15) is 0 Å². The number of aromatic nitrogens is 2. The van der Waals surface area contributed by atoms with Crippen LogP contribution in [0, 0.1) is 0 Å². The van der Waals surface area contributed by atoms with Crippen molar-refractivity contribution in [1.82, 2.24) is 9.13 Å². The Balaban J connectivity index is 1.03. The predicted octanol–water partition coefficient (Wildman–Crippen LogP) is 16.0. The number of hydrogen-bond acceptors (Lipinski definition) is 0. The molecule has 1 aliphatic rings. The van der Waals surface area contributed by atoms with Crippen LogP contribution in [0.2, 0.25) is 0 Å². The largest absolute Gasteiger partial charge is 0.309 e. The Hall–Kier alpha value is -8.20. The summed E-state index contributed by atoms with van der Waals surface area (Å²) in [5.74, 6) is 0.165. The van der Waals surface area contributed by atoms with Crippen LogP contribution in [0.3, 0.4) is 0 Å². The monoisotopic (exact) mass is 800 g/mol. The first-order valence-corrected chi connectivity index (χ1v) is 21.9. The Bertz CT molecular complexity index is 3710. The maximum atomic E-state index is 2.50. The van der Waals surface area contributed by atoms with Crippen molar-refractivity contribution >= 4 is 43.6 Å². The molecule has 294 valence electrons. The van der Waals surface area contributed by atoms with Crippen LogP contribution in [-0.2, 0) is 0 Å². The molecule has 10 aromatic carbocycles. The van der Waals surface area contributed by atoms with Crippen molar-refractivity contribution in [3.63, 3.8) is 0 Å². The first-order valence-electron chi connectivity index (χ1n) is 21.9. The van der Waals surface area contributed by atoms with Crippen molar-refractivity contribution in [3.05, 3.63) is 253 Å². The Morgan fingerprint density at radius 2 is 0.714 bits per heavy atom. The van der Waals surface area contributed by atoms with Gasteiger partial charge in [0, 0.05) is 38.8 Å². The third-order valence-electron chi connectivity index (χ3n) is 13.4. The van der Waals surface area contributed by atoms with Gasteiger partial charge in [-0.25, -0.2) is 0 Å². The maximum Gasteiger partial charge on any atom is 0.0547 e. The number of fused-ring (bicyclic) bond motifs is 9. The van der Waals surface area contributed by atoms with Crippen molar-refractivity contribution < 1.29 is 0 Å².